The number of nitrogens with zero attached hydrogens (tertiary/aromatic N) is 1. The van der Waals surface area contributed by atoms with E-state index in [-0.39, 0.29) is 35.5 Å². The van der Waals surface area contributed by atoms with Crippen molar-refractivity contribution in [1.29, 1.82) is 0 Å². The summed E-state index contributed by atoms with van der Waals surface area (Å²) in [5.41, 5.74) is 5.12. The highest BCUT2D eigenvalue weighted by atomic mass is 16.5. The first-order valence-corrected chi connectivity index (χ1v) is 13.0. The zero-order chi connectivity index (χ0) is 25.4. The molecule has 4 aliphatic carbocycles. The van der Waals surface area contributed by atoms with Gasteiger partial charge in [-0.15, -0.1) is 0 Å². The second kappa shape index (κ2) is 8.01. The van der Waals surface area contributed by atoms with E-state index in [1.54, 1.807) is 24.3 Å². The van der Waals surface area contributed by atoms with Crippen LogP contribution in [0.3, 0.4) is 0 Å². The molecule has 3 fully saturated rings. The molecule has 0 unspecified atom stereocenters. The highest BCUT2D eigenvalue weighted by Crippen LogP contribution is 2.65. The Labute approximate surface area is 215 Å². The standard InChI is InChI=1S/C32H27NO4/c1-17-3-5-19(6-4-17)21-9-14-27(18(2)15-21)37-32(36)20-7-10-22(11-8-20)33-30(34)28-23-12-13-24(26-16-25(23)26)29(28)31(33)35/h3-15,23-26,28-29H,16H2,1-2H3/t23-,24-,25-,26+,28+,29+/m0/s1. The molecule has 3 aromatic carbocycles. The number of hydrogen-bond donors (Lipinski definition) is 0. The average molecular weight is 490 g/mol. The van der Waals surface area contributed by atoms with Crippen molar-refractivity contribution in [2.45, 2.75) is 20.3 Å². The SMILES string of the molecule is Cc1ccc(-c2ccc(OC(=O)c3ccc(N4C(=O)[C@@H]5[C@H]6C=C[C@@H]([C@@H]7C[C@H]67)[C@H]5C4=O)cc3)c(C)c2)cc1. The van der Waals surface area contributed by atoms with Crippen molar-refractivity contribution < 1.29 is 19.1 Å². The summed E-state index contributed by atoms with van der Waals surface area (Å²) in [4.78, 5) is 40.9. The molecule has 5 nitrogen and oxygen atoms in total. The van der Waals surface area contributed by atoms with Crippen molar-refractivity contribution in [3.63, 3.8) is 0 Å². The number of aryl methyl sites for hydroxylation is 2. The normalized spacial score (nSPS) is 28.8. The van der Waals surface area contributed by atoms with Gasteiger partial charge in [0.1, 0.15) is 5.75 Å². The molecule has 37 heavy (non-hydrogen) atoms. The number of esters is 1. The molecule has 2 amide bonds. The Morgan fingerprint density at radius 2 is 1.38 bits per heavy atom. The Morgan fingerprint density at radius 3 is 1.97 bits per heavy atom. The number of carbonyl (C=O) groups is 3. The smallest absolute Gasteiger partial charge is 0.343 e. The quantitative estimate of drug-likeness (QED) is 0.203. The number of imide groups is 1. The van der Waals surface area contributed by atoms with E-state index in [9.17, 15) is 14.4 Å². The van der Waals surface area contributed by atoms with Crippen molar-refractivity contribution in [3.8, 4) is 16.9 Å². The molecule has 0 aromatic heterocycles. The van der Waals surface area contributed by atoms with E-state index in [0.29, 0.717) is 28.8 Å². The van der Waals surface area contributed by atoms with Crippen molar-refractivity contribution >= 4 is 23.5 Å². The van der Waals surface area contributed by atoms with Crippen molar-refractivity contribution in [1.82, 2.24) is 0 Å². The topological polar surface area (TPSA) is 63.7 Å². The van der Waals surface area contributed by atoms with Crippen LogP contribution in [0, 0.1) is 49.4 Å². The number of carbonyl (C=O) groups excluding carboxylic acids is 3. The first-order valence-electron chi connectivity index (χ1n) is 13.0. The summed E-state index contributed by atoms with van der Waals surface area (Å²) in [6, 6.07) is 20.7. The summed E-state index contributed by atoms with van der Waals surface area (Å²) < 4.78 is 5.68. The van der Waals surface area contributed by atoms with Crippen LogP contribution >= 0.6 is 0 Å². The number of amides is 2. The lowest BCUT2D eigenvalue weighted by atomic mass is 9.63. The lowest BCUT2D eigenvalue weighted by molar-refractivity contribution is -0.124. The van der Waals surface area contributed by atoms with Gasteiger partial charge in [-0.1, -0.05) is 48.0 Å². The third kappa shape index (κ3) is 3.41. The molecular formula is C32H27NO4. The Balaban J connectivity index is 1.07. The first kappa shape index (κ1) is 22.2. The van der Waals surface area contributed by atoms with Gasteiger partial charge in [0.2, 0.25) is 11.8 Å². The molecule has 8 rings (SSSR count). The van der Waals surface area contributed by atoms with Crippen molar-refractivity contribution in [2.24, 2.45) is 35.5 Å². The minimum Gasteiger partial charge on any atom is -0.423 e. The van der Waals surface area contributed by atoms with E-state index in [1.807, 2.05) is 25.1 Å². The van der Waals surface area contributed by atoms with Crippen LogP contribution in [0.4, 0.5) is 5.69 Å². The summed E-state index contributed by atoms with van der Waals surface area (Å²) in [6.45, 7) is 3.97. The fraction of sp³-hybridized carbons (Fsp3) is 0.281. The summed E-state index contributed by atoms with van der Waals surface area (Å²) in [7, 11) is 0. The van der Waals surface area contributed by atoms with Crippen LogP contribution in [-0.2, 0) is 9.59 Å². The number of rotatable bonds is 4. The van der Waals surface area contributed by atoms with Gasteiger partial charge in [-0.25, -0.2) is 4.79 Å². The molecule has 184 valence electrons. The summed E-state index contributed by atoms with van der Waals surface area (Å²) in [5, 5.41) is 0. The second-order valence-corrected chi connectivity index (χ2v) is 10.9. The molecule has 0 radical (unpaired) electrons. The lowest BCUT2D eigenvalue weighted by Gasteiger charge is -2.37. The largest absolute Gasteiger partial charge is 0.423 e. The number of ether oxygens (including phenoxy) is 1. The van der Waals surface area contributed by atoms with Crippen LogP contribution in [0.15, 0.2) is 78.9 Å². The molecule has 0 N–H and O–H groups in total. The Bertz CT molecular complexity index is 1450. The van der Waals surface area contributed by atoms with Crippen LogP contribution in [0.25, 0.3) is 11.1 Å². The highest BCUT2D eigenvalue weighted by molar-refractivity contribution is 6.22. The molecule has 2 saturated carbocycles. The van der Waals surface area contributed by atoms with E-state index in [4.69, 9.17) is 4.74 Å². The molecule has 3 aromatic rings. The molecule has 2 bridgehead atoms. The van der Waals surface area contributed by atoms with E-state index >= 15 is 0 Å². The number of hydrogen-bond acceptors (Lipinski definition) is 4. The highest BCUT2D eigenvalue weighted by Gasteiger charge is 2.67. The minimum atomic E-state index is -0.479. The zero-order valence-electron chi connectivity index (χ0n) is 20.8. The van der Waals surface area contributed by atoms with Gasteiger partial charge in [0.25, 0.3) is 0 Å². The average Bonchev–Trinajstić information content (AvgIpc) is 3.69. The van der Waals surface area contributed by atoms with Gasteiger partial charge in [-0.05, 0) is 97.0 Å². The van der Waals surface area contributed by atoms with Crippen LogP contribution in [0.1, 0.15) is 27.9 Å². The number of anilines is 1. The summed E-state index contributed by atoms with van der Waals surface area (Å²) >= 11 is 0. The van der Waals surface area contributed by atoms with E-state index in [1.165, 1.54) is 10.5 Å². The van der Waals surface area contributed by atoms with E-state index in [0.717, 1.165) is 23.1 Å². The van der Waals surface area contributed by atoms with Crippen LogP contribution in [-0.4, -0.2) is 17.8 Å². The molecule has 5 heteroatoms. The van der Waals surface area contributed by atoms with Crippen LogP contribution < -0.4 is 9.64 Å². The van der Waals surface area contributed by atoms with E-state index < -0.39 is 5.97 Å². The fourth-order valence-electron chi connectivity index (χ4n) is 6.81. The monoisotopic (exact) mass is 489 g/mol. The van der Waals surface area contributed by atoms with Gasteiger partial charge < -0.3 is 4.74 Å². The molecule has 6 atom stereocenters. The predicted octanol–water partition coefficient (Wildman–Crippen LogP) is 5.75. The number of allylic oxidation sites excluding steroid dienone is 2. The third-order valence-electron chi connectivity index (χ3n) is 8.79. The molecule has 1 saturated heterocycles. The summed E-state index contributed by atoms with van der Waals surface area (Å²) in [5.74, 6) is 0.877. The predicted molar refractivity (Wildman–Crippen MR) is 140 cm³/mol. The molecular weight excluding hydrogens is 462 g/mol. The van der Waals surface area contributed by atoms with Gasteiger partial charge >= 0.3 is 5.97 Å². The zero-order valence-corrected chi connectivity index (χ0v) is 20.8. The maximum atomic E-state index is 13.3. The van der Waals surface area contributed by atoms with Crippen LogP contribution in [0.2, 0.25) is 0 Å². The first-order chi connectivity index (χ1) is 17.9. The maximum absolute atomic E-state index is 13.3. The molecule has 5 aliphatic rings. The van der Waals surface area contributed by atoms with Crippen LogP contribution in [0.5, 0.6) is 5.75 Å². The Hall–Kier alpha value is -3.99. The number of benzene rings is 3. The molecule has 0 spiro atoms. The van der Waals surface area contributed by atoms with Gasteiger partial charge in [0, 0.05) is 0 Å². The Kier molecular flexibility index (Phi) is 4.81. The van der Waals surface area contributed by atoms with Gasteiger partial charge in [0.05, 0.1) is 23.1 Å². The summed E-state index contributed by atoms with van der Waals surface area (Å²) in [6.07, 6.45) is 5.48. The van der Waals surface area contributed by atoms with Crippen molar-refractivity contribution in [3.05, 3.63) is 95.6 Å². The third-order valence-corrected chi connectivity index (χ3v) is 8.79. The lowest BCUT2D eigenvalue weighted by Crippen LogP contribution is -2.40. The molecule has 1 aliphatic heterocycles. The van der Waals surface area contributed by atoms with Crippen molar-refractivity contribution in [2.75, 3.05) is 4.90 Å². The van der Waals surface area contributed by atoms with Gasteiger partial charge in [0.15, 0.2) is 0 Å². The minimum absolute atomic E-state index is 0.0979. The maximum Gasteiger partial charge on any atom is 0.343 e. The Morgan fingerprint density at radius 1 is 0.784 bits per heavy atom. The van der Waals surface area contributed by atoms with E-state index in [2.05, 4.69) is 43.3 Å². The second-order valence-electron chi connectivity index (χ2n) is 10.9. The van der Waals surface area contributed by atoms with Gasteiger partial charge in [-0.2, -0.15) is 0 Å². The molecule has 1 heterocycles. The van der Waals surface area contributed by atoms with Gasteiger partial charge in [-0.3, -0.25) is 14.5 Å². The fourth-order valence-corrected chi connectivity index (χ4v) is 6.81.